The van der Waals surface area contributed by atoms with E-state index in [1.165, 1.54) is 0 Å². The molecule has 4 heteroatoms. The topological polar surface area (TPSA) is 104 Å². The van der Waals surface area contributed by atoms with Gasteiger partial charge in [-0.1, -0.05) is 0 Å². The molecule has 0 bridgehead atoms. The highest BCUT2D eigenvalue weighted by Gasteiger charge is 2.26. The highest BCUT2D eigenvalue weighted by molar-refractivity contribution is 4.89. The molecule has 0 aliphatic heterocycles. The molecule has 0 saturated heterocycles. The summed E-state index contributed by atoms with van der Waals surface area (Å²) in [6.45, 7) is 4.63. The molecule has 2 unspecified atom stereocenters. The minimum atomic E-state index is -0.234. The summed E-state index contributed by atoms with van der Waals surface area (Å²) < 4.78 is 0. The third-order valence-electron chi connectivity index (χ3n) is 2.34. The summed E-state index contributed by atoms with van der Waals surface area (Å²) in [5, 5.41) is 0. The first-order chi connectivity index (χ1) is 6.39. The maximum Gasteiger partial charge on any atom is 0.0184 e. The normalized spacial score (nSPS) is 20.1. The van der Waals surface area contributed by atoms with E-state index in [1.807, 2.05) is 13.8 Å². The Morgan fingerprint density at radius 2 is 1.50 bits per heavy atom. The number of hydrogen-bond donors (Lipinski definition) is 4. The molecule has 0 aromatic carbocycles. The minimum absolute atomic E-state index is 0.122. The largest absolute Gasteiger partial charge is 0.330 e. The third kappa shape index (κ3) is 6.32. The molecular formula is C10H26N4. The SMILES string of the molecule is CC(N)CC(N)(CCCN)CC(C)N. The Kier molecular flexibility index (Phi) is 6.27. The summed E-state index contributed by atoms with van der Waals surface area (Å²) in [7, 11) is 0. The van der Waals surface area contributed by atoms with Crippen molar-refractivity contribution in [2.45, 2.75) is 57.2 Å². The van der Waals surface area contributed by atoms with Crippen LogP contribution in [0.25, 0.3) is 0 Å². The second kappa shape index (κ2) is 6.35. The lowest BCUT2D eigenvalue weighted by Crippen LogP contribution is -2.48. The van der Waals surface area contributed by atoms with Gasteiger partial charge in [-0.3, -0.25) is 0 Å². The van der Waals surface area contributed by atoms with Gasteiger partial charge in [-0.15, -0.1) is 0 Å². The van der Waals surface area contributed by atoms with E-state index < -0.39 is 0 Å². The van der Waals surface area contributed by atoms with Crippen LogP contribution in [0, 0.1) is 0 Å². The zero-order chi connectivity index (χ0) is 11.2. The standard InChI is InChI=1S/C10H26N4/c1-8(12)6-10(14,4-3-5-11)7-9(2)13/h8-9H,3-7,11-14H2,1-2H3. The maximum absolute atomic E-state index is 6.27. The van der Waals surface area contributed by atoms with Crippen LogP contribution in [0.1, 0.15) is 39.5 Å². The predicted octanol–water partition coefficient (Wildman–Crippen LogP) is -0.103. The Bertz CT molecular complexity index is 135. The van der Waals surface area contributed by atoms with Crippen molar-refractivity contribution in [1.29, 1.82) is 0 Å². The van der Waals surface area contributed by atoms with Crippen molar-refractivity contribution in [2.75, 3.05) is 6.54 Å². The third-order valence-corrected chi connectivity index (χ3v) is 2.34. The zero-order valence-electron chi connectivity index (χ0n) is 9.50. The van der Waals surface area contributed by atoms with E-state index in [2.05, 4.69) is 0 Å². The quantitative estimate of drug-likeness (QED) is 0.462. The number of hydrogen-bond acceptors (Lipinski definition) is 4. The van der Waals surface area contributed by atoms with Crippen LogP contribution in [0.4, 0.5) is 0 Å². The van der Waals surface area contributed by atoms with Crippen molar-refractivity contribution in [3.05, 3.63) is 0 Å². The molecule has 0 aromatic heterocycles. The van der Waals surface area contributed by atoms with Gasteiger partial charge in [0.2, 0.25) is 0 Å². The van der Waals surface area contributed by atoms with Gasteiger partial charge in [0.1, 0.15) is 0 Å². The van der Waals surface area contributed by atoms with Gasteiger partial charge in [0.25, 0.3) is 0 Å². The van der Waals surface area contributed by atoms with E-state index in [1.54, 1.807) is 0 Å². The van der Waals surface area contributed by atoms with Gasteiger partial charge in [-0.25, -0.2) is 0 Å². The van der Waals surface area contributed by atoms with E-state index in [0.717, 1.165) is 25.7 Å². The van der Waals surface area contributed by atoms with E-state index >= 15 is 0 Å². The smallest absolute Gasteiger partial charge is 0.0184 e. The van der Waals surface area contributed by atoms with E-state index in [0.29, 0.717) is 6.54 Å². The first-order valence-electron chi connectivity index (χ1n) is 5.40. The van der Waals surface area contributed by atoms with Crippen molar-refractivity contribution in [3.63, 3.8) is 0 Å². The van der Waals surface area contributed by atoms with Crippen LogP contribution in [0.5, 0.6) is 0 Å². The first-order valence-corrected chi connectivity index (χ1v) is 5.40. The molecule has 0 fully saturated rings. The van der Waals surface area contributed by atoms with Crippen LogP contribution in [0.2, 0.25) is 0 Å². The van der Waals surface area contributed by atoms with Crippen LogP contribution >= 0.6 is 0 Å². The van der Waals surface area contributed by atoms with E-state index in [-0.39, 0.29) is 17.6 Å². The average molecular weight is 202 g/mol. The second-order valence-electron chi connectivity index (χ2n) is 4.62. The second-order valence-corrected chi connectivity index (χ2v) is 4.62. The van der Waals surface area contributed by atoms with E-state index in [4.69, 9.17) is 22.9 Å². The number of rotatable bonds is 7. The van der Waals surface area contributed by atoms with Crippen molar-refractivity contribution in [3.8, 4) is 0 Å². The highest BCUT2D eigenvalue weighted by Crippen LogP contribution is 2.21. The van der Waals surface area contributed by atoms with Crippen molar-refractivity contribution in [2.24, 2.45) is 22.9 Å². The summed E-state index contributed by atoms with van der Waals surface area (Å²) in [5.74, 6) is 0. The lowest BCUT2D eigenvalue weighted by Gasteiger charge is -2.32. The number of nitrogens with two attached hydrogens (primary N) is 4. The minimum Gasteiger partial charge on any atom is -0.330 e. The molecule has 86 valence electrons. The van der Waals surface area contributed by atoms with Gasteiger partial charge in [-0.2, -0.15) is 0 Å². The summed E-state index contributed by atoms with van der Waals surface area (Å²) in [5.41, 5.74) is 23.1. The summed E-state index contributed by atoms with van der Waals surface area (Å²) in [4.78, 5) is 0. The van der Waals surface area contributed by atoms with Crippen molar-refractivity contribution in [1.82, 2.24) is 0 Å². The molecule has 4 nitrogen and oxygen atoms in total. The molecule has 0 heterocycles. The van der Waals surface area contributed by atoms with Gasteiger partial charge in [0.05, 0.1) is 0 Å². The molecule has 0 aliphatic carbocycles. The molecular weight excluding hydrogens is 176 g/mol. The monoisotopic (exact) mass is 202 g/mol. The Labute approximate surface area is 87.4 Å². The Hall–Kier alpha value is -0.160. The fraction of sp³-hybridized carbons (Fsp3) is 1.00. The van der Waals surface area contributed by atoms with Crippen LogP contribution in [0.15, 0.2) is 0 Å². The zero-order valence-corrected chi connectivity index (χ0v) is 9.50. The van der Waals surface area contributed by atoms with Crippen molar-refractivity contribution >= 4 is 0 Å². The first kappa shape index (κ1) is 13.8. The molecule has 0 rings (SSSR count). The van der Waals surface area contributed by atoms with Crippen LogP contribution in [0.3, 0.4) is 0 Å². The molecule has 0 aromatic rings. The Morgan fingerprint density at radius 1 is 1.07 bits per heavy atom. The lowest BCUT2D eigenvalue weighted by molar-refractivity contribution is 0.297. The molecule has 0 saturated carbocycles. The van der Waals surface area contributed by atoms with Gasteiger partial charge in [-0.05, 0) is 46.1 Å². The molecule has 14 heavy (non-hydrogen) atoms. The van der Waals surface area contributed by atoms with E-state index in [9.17, 15) is 0 Å². The Balaban J connectivity index is 4.17. The lowest BCUT2D eigenvalue weighted by atomic mass is 9.83. The summed E-state index contributed by atoms with van der Waals surface area (Å²) >= 11 is 0. The molecule has 0 aliphatic rings. The predicted molar refractivity (Wildman–Crippen MR) is 61.7 cm³/mol. The van der Waals surface area contributed by atoms with Gasteiger partial charge < -0.3 is 22.9 Å². The van der Waals surface area contributed by atoms with Crippen LogP contribution in [-0.2, 0) is 0 Å². The Morgan fingerprint density at radius 3 is 1.79 bits per heavy atom. The fourth-order valence-corrected chi connectivity index (χ4v) is 2.02. The fourth-order valence-electron chi connectivity index (χ4n) is 2.02. The molecule has 8 N–H and O–H groups in total. The maximum atomic E-state index is 6.27. The van der Waals surface area contributed by atoms with Crippen LogP contribution < -0.4 is 22.9 Å². The average Bonchev–Trinajstić information content (AvgIpc) is 1.97. The van der Waals surface area contributed by atoms with Gasteiger partial charge in [0.15, 0.2) is 0 Å². The van der Waals surface area contributed by atoms with Gasteiger partial charge >= 0.3 is 0 Å². The molecule has 2 atom stereocenters. The highest BCUT2D eigenvalue weighted by atomic mass is 14.8. The molecule has 0 radical (unpaired) electrons. The van der Waals surface area contributed by atoms with Gasteiger partial charge in [0, 0.05) is 17.6 Å². The summed E-state index contributed by atoms with van der Waals surface area (Å²) in [6, 6.07) is 0.244. The molecule has 0 amide bonds. The molecule has 0 spiro atoms. The summed E-state index contributed by atoms with van der Waals surface area (Å²) in [6.07, 6.45) is 3.48. The van der Waals surface area contributed by atoms with Crippen molar-refractivity contribution < 1.29 is 0 Å². The van der Waals surface area contributed by atoms with Crippen LogP contribution in [-0.4, -0.2) is 24.2 Å².